The fraction of sp³-hybridized carbons (Fsp3) is 0.111. The van der Waals surface area contributed by atoms with Crippen molar-refractivity contribution in [3.05, 3.63) is 114 Å². The van der Waals surface area contributed by atoms with E-state index >= 15 is 0 Å². The van der Waals surface area contributed by atoms with Crippen LogP contribution < -0.4 is 10.1 Å². The van der Waals surface area contributed by atoms with Crippen LogP contribution >= 0.6 is 0 Å². The lowest BCUT2D eigenvalue weighted by molar-refractivity contribution is -0.137. The molecule has 0 saturated heterocycles. The van der Waals surface area contributed by atoms with Crippen LogP contribution in [0.1, 0.15) is 27.4 Å². The molecule has 6 nitrogen and oxygen atoms in total. The molecular weight excluding hydrogens is 471 g/mol. The fourth-order valence-electron chi connectivity index (χ4n) is 3.73. The Balaban J connectivity index is 1.18. The molecule has 5 aromatic rings. The highest BCUT2D eigenvalue weighted by Crippen LogP contribution is 2.29. The zero-order valence-electron chi connectivity index (χ0n) is 18.8. The third kappa shape index (κ3) is 5.41. The van der Waals surface area contributed by atoms with Gasteiger partial charge in [0.2, 0.25) is 0 Å². The van der Waals surface area contributed by atoms with Gasteiger partial charge in [-0.3, -0.25) is 9.48 Å². The predicted molar refractivity (Wildman–Crippen MR) is 128 cm³/mol. The number of fused-ring (bicyclic) bond motifs is 1. The lowest BCUT2D eigenvalue weighted by Gasteiger charge is -2.08. The van der Waals surface area contributed by atoms with Crippen LogP contribution in [0.15, 0.2) is 95.7 Å². The fourth-order valence-corrected chi connectivity index (χ4v) is 3.73. The third-order valence-corrected chi connectivity index (χ3v) is 5.48. The molecule has 2 aromatic heterocycles. The van der Waals surface area contributed by atoms with Crippen LogP contribution in [0.25, 0.3) is 10.8 Å². The maximum atomic E-state index is 12.9. The number of furan rings is 1. The molecule has 0 fully saturated rings. The normalized spacial score (nSPS) is 11.5. The molecule has 0 spiro atoms. The molecular formula is C27H20F3N3O3. The summed E-state index contributed by atoms with van der Waals surface area (Å²) < 4.78 is 51.6. The van der Waals surface area contributed by atoms with Crippen molar-refractivity contribution in [2.45, 2.75) is 19.3 Å². The quantitative estimate of drug-likeness (QED) is 0.281. The molecule has 3 aromatic carbocycles. The maximum absolute atomic E-state index is 12.9. The molecule has 5 rings (SSSR count). The van der Waals surface area contributed by atoms with E-state index in [1.807, 2.05) is 42.5 Å². The van der Waals surface area contributed by atoms with Gasteiger partial charge in [0.15, 0.2) is 5.76 Å². The summed E-state index contributed by atoms with van der Waals surface area (Å²) in [4.78, 5) is 12.6. The number of aromatic nitrogens is 2. The Morgan fingerprint density at radius 1 is 0.972 bits per heavy atom. The van der Waals surface area contributed by atoms with E-state index in [0.29, 0.717) is 22.8 Å². The number of hydrogen-bond acceptors (Lipinski definition) is 4. The number of ether oxygens (including phenoxy) is 1. The molecule has 0 unspecified atom stereocenters. The Hall–Kier alpha value is -4.53. The Kier molecular flexibility index (Phi) is 6.20. The number of alkyl halides is 3. The number of carbonyl (C=O) groups is 1. The van der Waals surface area contributed by atoms with E-state index in [1.54, 1.807) is 18.2 Å². The van der Waals surface area contributed by atoms with Gasteiger partial charge >= 0.3 is 6.18 Å². The van der Waals surface area contributed by atoms with E-state index in [9.17, 15) is 18.0 Å². The van der Waals surface area contributed by atoms with E-state index in [0.717, 1.165) is 22.9 Å². The second-order valence-corrected chi connectivity index (χ2v) is 8.14. The van der Waals surface area contributed by atoms with Crippen LogP contribution in [-0.2, 0) is 19.3 Å². The lowest BCUT2D eigenvalue weighted by atomic mass is 10.1. The average Bonchev–Trinajstić information content (AvgIpc) is 3.52. The van der Waals surface area contributed by atoms with Crippen molar-refractivity contribution in [3.63, 3.8) is 0 Å². The molecule has 36 heavy (non-hydrogen) atoms. The molecule has 0 aliphatic heterocycles. The van der Waals surface area contributed by atoms with E-state index in [2.05, 4.69) is 10.4 Å². The van der Waals surface area contributed by atoms with Crippen LogP contribution in [0.3, 0.4) is 0 Å². The van der Waals surface area contributed by atoms with Gasteiger partial charge in [-0.15, -0.1) is 0 Å². The van der Waals surface area contributed by atoms with Crippen molar-refractivity contribution in [1.82, 2.24) is 9.78 Å². The summed E-state index contributed by atoms with van der Waals surface area (Å²) >= 11 is 0. The van der Waals surface area contributed by atoms with E-state index < -0.39 is 17.6 Å². The van der Waals surface area contributed by atoms with Gasteiger partial charge in [-0.25, -0.2) is 0 Å². The number of halogens is 3. The zero-order chi connectivity index (χ0) is 25.1. The largest absolute Gasteiger partial charge is 0.486 e. The van der Waals surface area contributed by atoms with Crippen molar-refractivity contribution in [3.8, 4) is 5.75 Å². The molecule has 9 heteroatoms. The number of benzene rings is 3. The minimum absolute atomic E-state index is 0.0951. The van der Waals surface area contributed by atoms with Crippen LogP contribution in [0.5, 0.6) is 5.75 Å². The predicted octanol–water partition coefficient (Wildman–Crippen LogP) is 6.53. The second kappa shape index (κ2) is 9.61. The topological polar surface area (TPSA) is 69.3 Å². The van der Waals surface area contributed by atoms with Gasteiger partial charge in [0.1, 0.15) is 18.1 Å². The van der Waals surface area contributed by atoms with Crippen LogP contribution in [0, 0.1) is 0 Å². The van der Waals surface area contributed by atoms with Gasteiger partial charge in [0, 0.05) is 6.20 Å². The van der Waals surface area contributed by atoms with E-state index in [4.69, 9.17) is 9.15 Å². The number of amides is 1. The number of nitrogens with zero attached hydrogens (tertiary/aromatic N) is 2. The highest BCUT2D eigenvalue weighted by molar-refractivity contribution is 6.02. The SMILES string of the molecule is O=C(Nc1cnn(Cc2cccc(C(F)(F)F)c2)c1)c1ccc(COc2ccc3ccccc3c2)o1. The van der Waals surface area contributed by atoms with E-state index in [1.165, 1.54) is 23.1 Å². The van der Waals surface area contributed by atoms with Gasteiger partial charge in [0.05, 0.1) is 24.0 Å². The summed E-state index contributed by atoms with van der Waals surface area (Å²) in [6, 6.07) is 21.9. The zero-order valence-corrected chi connectivity index (χ0v) is 18.8. The van der Waals surface area contributed by atoms with E-state index in [-0.39, 0.29) is 18.9 Å². The molecule has 0 atom stereocenters. The summed E-state index contributed by atoms with van der Waals surface area (Å²) in [5.41, 5.74) is 0.101. The van der Waals surface area contributed by atoms with Crippen molar-refractivity contribution in [2.75, 3.05) is 5.32 Å². The molecule has 0 aliphatic rings. The van der Waals surface area contributed by atoms with Crippen LogP contribution in [0.4, 0.5) is 18.9 Å². The molecule has 182 valence electrons. The van der Waals surface area contributed by atoms with Crippen LogP contribution in [-0.4, -0.2) is 15.7 Å². The molecule has 0 bridgehead atoms. The molecule has 0 radical (unpaired) electrons. The molecule has 2 heterocycles. The smallest absolute Gasteiger partial charge is 0.416 e. The Bertz CT molecular complexity index is 1520. The number of hydrogen-bond donors (Lipinski definition) is 1. The summed E-state index contributed by atoms with van der Waals surface area (Å²) in [5, 5.41) is 8.95. The maximum Gasteiger partial charge on any atom is 0.416 e. The number of nitrogens with one attached hydrogen (secondary N) is 1. The first-order chi connectivity index (χ1) is 17.3. The number of carbonyl (C=O) groups excluding carboxylic acids is 1. The van der Waals surface area contributed by atoms with Gasteiger partial charge in [0.25, 0.3) is 5.91 Å². The van der Waals surface area contributed by atoms with Crippen molar-refractivity contribution in [1.29, 1.82) is 0 Å². The molecule has 1 amide bonds. The van der Waals surface area contributed by atoms with Gasteiger partial charge in [-0.1, -0.05) is 42.5 Å². The minimum Gasteiger partial charge on any atom is -0.486 e. The first kappa shape index (κ1) is 23.2. The Morgan fingerprint density at radius 2 is 1.81 bits per heavy atom. The summed E-state index contributed by atoms with van der Waals surface area (Å²) in [5.74, 6) is 0.779. The average molecular weight is 491 g/mol. The lowest BCUT2D eigenvalue weighted by Crippen LogP contribution is -2.10. The number of anilines is 1. The van der Waals surface area contributed by atoms with Gasteiger partial charge in [-0.05, 0) is 52.7 Å². The Morgan fingerprint density at radius 3 is 2.64 bits per heavy atom. The van der Waals surface area contributed by atoms with Crippen molar-refractivity contribution < 1.29 is 27.1 Å². The molecule has 0 aliphatic carbocycles. The summed E-state index contributed by atoms with van der Waals surface area (Å²) in [7, 11) is 0. The number of rotatable bonds is 7. The van der Waals surface area contributed by atoms with Crippen molar-refractivity contribution in [2.24, 2.45) is 0 Å². The highest BCUT2D eigenvalue weighted by Gasteiger charge is 2.30. The third-order valence-electron chi connectivity index (χ3n) is 5.48. The summed E-state index contributed by atoms with van der Waals surface area (Å²) in [6.45, 7) is 0.275. The minimum atomic E-state index is -4.42. The monoisotopic (exact) mass is 491 g/mol. The molecule has 1 N–H and O–H groups in total. The summed E-state index contributed by atoms with van der Waals surface area (Å²) in [6.07, 6.45) is -1.47. The molecule has 0 saturated carbocycles. The van der Waals surface area contributed by atoms with Crippen LogP contribution in [0.2, 0.25) is 0 Å². The highest BCUT2D eigenvalue weighted by atomic mass is 19.4. The Labute approximate surface area is 203 Å². The standard InChI is InChI=1S/C27H20F3N3O3/c28-27(29,30)21-7-3-4-18(12-21)15-33-16-22(14-31-33)32-26(34)25-11-10-24(36-25)17-35-23-9-8-19-5-1-2-6-20(19)13-23/h1-14,16H,15,17H2,(H,32,34). The van der Waals surface area contributed by atoms with Crippen molar-refractivity contribution >= 4 is 22.4 Å². The first-order valence-corrected chi connectivity index (χ1v) is 11.0. The second-order valence-electron chi connectivity index (χ2n) is 8.14. The van der Waals surface area contributed by atoms with Gasteiger partial charge in [-0.2, -0.15) is 18.3 Å². The first-order valence-electron chi connectivity index (χ1n) is 11.0. The van der Waals surface area contributed by atoms with Gasteiger partial charge < -0.3 is 14.5 Å².